The molecule has 63 valence electrons. The third kappa shape index (κ3) is 1.31. The predicted octanol–water partition coefficient (Wildman–Crippen LogP) is 2.39. The summed E-state index contributed by atoms with van der Waals surface area (Å²) in [6.45, 7) is 4.74. The standard InChI is InChI=1S/C11H13O/c1-2-9-5-6-11-10(8-9)4-3-7-12-11/h5-6,8H,1-4,7H2. The van der Waals surface area contributed by atoms with Crippen LogP contribution in [0.15, 0.2) is 18.2 Å². The quantitative estimate of drug-likeness (QED) is 0.614. The van der Waals surface area contributed by atoms with Gasteiger partial charge in [-0.25, -0.2) is 0 Å². The second kappa shape index (κ2) is 3.18. The molecule has 1 aliphatic rings. The second-order valence-electron chi connectivity index (χ2n) is 3.14. The van der Waals surface area contributed by atoms with E-state index in [1.54, 1.807) is 0 Å². The van der Waals surface area contributed by atoms with Gasteiger partial charge in [0.05, 0.1) is 6.61 Å². The summed E-state index contributed by atoms with van der Waals surface area (Å²) < 4.78 is 5.50. The van der Waals surface area contributed by atoms with Crippen LogP contribution < -0.4 is 4.74 Å². The second-order valence-corrected chi connectivity index (χ2v) is 3.14. The molecule has 0 aromatic heterocycles. The van der Waals surface area contributed by atoms with Crippen molar-refractivity contribution in [3.63, 3.8) is 0 Å². The maximum atomic E-state index is 5.50. The van der Waals surface area contributed by atoms with E-state index in [0.29, 0.717) is 0 Å². The summed E-state index contributed by atoms with van der Waals surface area (Å²) in [6.07, 6.45) is 3.17. The third-order valence-electron chi connectivity index (χ3n) is 2.26. The molecule has 1 heteroatoms. The van der Waals surface area contributed by atoms with Crippen LogP contribution in [-0.2, 0) is 12.8 Å². The fourth-order valence-electron chi connectivity index (χ4n) is 1.57. The molecule has 2 rings (SSSR count). The number of aryl methyl sites for hydroxylation is 1. The lowest BCUT2D eigenvalue weighted by Crippen LogP contribution is -2.08. The summed E-state index contributed by atoms with van der Waals surface area (Å²) in [5.41, 5.74) is 2.65. The Labute approximate surface area is 73.4 Å². The van der Waals surface area contributed by atoms with Crippen molar-refractivity contribution in [3.8, 4) is 5.75 Å². The first-order valence-electron chi connectivity index (χ1n) is 4.44. The minimum Gasteiger partial charge on any atom is -0.493 e. The Morgan fingerprint density at radius 2 is 2.33 bits per heavy atom. The average Bonchev–Trinajstić information content (AvgIpc) is 2.17. The van der Waals surface area contributed by atoms with Crippen LogP contribution in [0, 0.1) is 6.92 Å². The van der Waals surface area contributed by atoms with Crippen LogP contribution in [0.5, 0.6) is 5.75 Å². The Bertz CT molecular complexity index is 278. The third-order valence-corrected chi connectivity index (χ3v) is 2.26. The summed E-state index contributed by atoms with van der Waals surface area (Å²) in [5, 5.41) is 0. The zero-order chi connectivity index (χ0) is 8.39. The van der Waals surface area contributed by atoms with E-state index in [9.17, 15) is 0 Å². The monoisotopic (exact) mass is 161 g/mol. The summed E-state index contributed by atoms with van der Waals surface area (Å²) >= 11 is 0. The van der Waals surface area contributed by atoms with Crippen LogP contribution in [0.25, 0.3) is 0 Å². The number of hydrogen-bond acceptors (Lipinski definition) is 1. The van der Waals surface area contributed by atoms with E-state index in [1.807, 2.05) is 0 Å². The van der Waals surface area contributed by atoms with Crippen molar-refractivity contribution >= 4 is 0 Å². The van der Waals surface area contributed by atoms with Crippen molar-refractivity contribution in [2.24, 2.45) is 0 Å². The molecule has 1 heterocycles. The fraction of sp³-hybridized carbons (Fsp3) is 0.364. The smallest absolute Gasteiger partial charge is 0.122 e. The number of ether oxygens (including phenoxy) is 1. The maximum Gasteiger partial charge on any atom is 0.122 e. The molecule has 1 aromatic carbocycles. The Morgan fingerprint density at radius 3 is 3.17 bits per heavy atom. The van der Waals surface area contributed by atoms with Gasteiger partial charge < -0.3 is 4.74 Å². The lowest BCUT2D eigenvalue weighted by molar-refractivity contribution is 0.288. The van der Waals surface area contributed by atoms with Gasteiger partial charge in [-0.1, -0.05) is 12.1 Å². The normalized spacial score (nSPS) is 15.1. The number of hydrogen-bond donors (Lipinski definition) is 0. The van der Waals surface area contributed by atoms with E-state index in [-0.39, 0.29) is 0 Å². The molecule has 12 heavy (non-hydrogen) atoms. The van der Waals surface area contributed by atoms with Gasteiger partial charge in [0, 0.05) is 0 Å². The zero-order valence-electron chi connectivity index (χ0n) is 7.18. The van der Waals surface area contributed by atoms with Gasteiger partial charge in [0.1, 0.15) is 5.75 Å². The van der Waals surface area contributed by atoms with Gasteiger partial charge in [0.2, 0.25) is 0 Å². The van der Waals surface area contributed by atoms with E-state index in [1.165, 1.54) is 11.1 Å². The summed E-state index contributed by atoms with van der Waals surface area (Å²) in [4.78, 5) is 0. The molecule has 0 spiro atoms. The first kappa shape index (κ1) is 7.66. The molecule has 0 aliphatic carbocycles. The minimum absolute atomic E-state index is 0.868. The van der Waals surface area contributed by atoms with Gasteiger partial charge in [-0.2, -0.15) is 0 Å². The molecule has 0 atom stereocenters. The van der Waals surface area contributed by atoms with Crippen molar-refractivity contribution in [3.05, 3.63) is 36.2 Å². The number of benzene rings is 1. The van der Waals surface area contributed by atoms with Gasteiger partial charge in [-0.05, 0) is 43.4 Å². The van der Waals surface area contributed by atoms with Gasteiger partial charge >= 0.3 is 0 Å². The van der Waals surface area contributed by atoms with Gasteiger partial charge in [-0.15, -0.1) is 0 Å². The molecule has 0 amide bonds. The highest BCUT2D eigenvalue weighted by atomic mass is 16.5. The summed E-state index contributed by atoms with van der Waals surface area (Å²) in [6, 6.07) is 6.37. The SMILES string of the molecule is [CH2]Cc1ccc2c(c1)CCCO2. The Kier molecular flexibility index (Phi) is 2.03. The van der Waals surface area contributed by atoms with Crippen molar-refractivity contribution < 1.29 is 4.74 Å². The lowest BCUT2D eigenvalue weighted by Gasteiger charge is -2.17. The molecule has 1 aliphatic heterocycles. The van der Waals surface area contributed by atoms with Gasteiger partial charge in [0.15, 0.2) is 0 Å². The zero-order valence-corrected chi connectivity index (χ0v) is 7.18. The number of rotatable bonds is 1. The molecule has 0 unspecified atom stereocenters. The first-order valence-corrected chi connectivity index (χ1v) is 4.44. The number of fused-ring (bicyclic) bond motifs is 1. The van der Waals surface area contributed by atoms with Crippen LogP contribution in [0.1, 0.15) is 17.5 Å². The molecular formula is C11H13O. The Morgan fingerprint density at radius 1 is 1.42 bits per heavy atom. The average molecular weight is 161 g/mol. The van der Waals surface area contributed by atoms with E-state index in [0.717, 1.165) is 31.6 Å². The highest BCUT2D eigenvalue weighted by molar-refractivity contribution is 5.38. The molecule has 0 saturated carbocycles. The molecule has 0 bridgehead atoms. The van der Waals surface area contributed by atoms with Crippen molar-refractivity contribution in [2.75, 3.05) is 6.61 Å². The van der Waals surface area contributed by atoms with Gasteiger partial charge in [-0.3, -0.25) is 0 Å². The van der Waals surface area contributed by atoms with Crippen LogP contribution in [0.2, 0.25) is 0 Å². The topological polar surface area (TPSA) is 9.23 Å². The van der Waals surface area contributed by atoms with Crippen LogP contribution >= 0.6 is 0 Å². The molecular weight excluding hydrogens is 148 g/mol. The van der Waals surface area contributed by atoms with E-state index in [2.05, 4.69) is 25.1 Å². The molecule has 0 saturated heterocycles. The van der Waals surface area contributed by atoms with E-state index in [4.69, 9.17) is 4.74 Å². The Hall–Kier alpha value is -0.980. The largest absolute Gasteiger partial charge is 0.493 e. The highest BCUT2D eigenvalue weighted by Crippen LogP contribution is 2.25. The molecule has 1 aromatic rings. The van der Waals surface area contributed by atoms with E-state index < -0.39 is 0 Å². The maximum absolute atomic E-state index is 5.50. The molecule has 1 nitrogen and oxygen atoms in total. The van der Waals surface area contributed by atoms with Crippen molar-refractivity contribution in [1.82, 2.24) is 0 Å². The van der Waals surface area contributed by atoms with Crippen LogP contribution in [0.4, 0.5) is 0 Å². The fourth-order valence-corrected chi connectivity index (χ4v) is 1.57. The lowest BCUT2D eigenvalue weighted by atomic mass is 10.0. The minimum atomic E-state index is 0.868. The van der Waals surface area contributed by atoms with Crippen molar-refractivity contribution in [2.45, 2.75) is 19.3 Å². The molecule has 0 fully saturated rings. The molecule has 0 N–H and O–H groups in total. The van der Waals surface area contributed by atoms with Crippen molar-refractivity contribution in [1.29, 1.82) is 0 Å². The van der Waals surface area contributed by atoms with Gasteiger partial charge in [0.25, 0.3) is 0 Å². The molecule has 1 radical (unpaired) electrons. The first-order chi connectivity index (χ1) is 5.90. The van der Waals surface area contributed by atoms with E-state index >= 15 is 0 Å². The predicted molar refractivity (Wildman–Crippen MR) is 49.3 cm³/mol. The summed E-state index contributed by atoms with van der Waals surface area (Å²) in [7, 11) is 0. The van der Waals surface area contributed by atoms with Crippen LogP contribution in [0.3, 0.4) is 0 Å². The highest BCUT2D eigenvalue weighted by Gasteiger charge is 2.09. The summed E-state index contributed by atoms with van der Waals surface area (Å²) in [5.74, 6) is 1.07. The van der Waals surface area contributed by atoms with Crippen LogP contribution in [-0.4, -0.2) is 6.61 Å². The Balaban J connectivity index is 2.36.